The number of Topliss-reactive ketones (excluding diaryl/α,β-unsaturated/α-hetero) is 1. The van der Waals surface area contributed by atoms with Crippen molar-refractivity contribution >= 4 is 11.8 Å². The van der Waals surface area contributed by atoms with Gasteiger partial charge in [-0.05, 0) is 19.3 Å². The Morgan fingerprint density at radius 1 is 1.67 bits per heavy atom. The zero-order valence-electron chi connectivity index (χ0n) is 7.34. The zero-order valence-corrected chi connectivity index (χ0v) is 7.34. The first-order valence-electron chi connectivity index (χ1n) is 4.33. The first kappa shape index (κ1) is 9.23. The molecule has 3 nitrogen and oxygen atoms in total. The Kier molecular flexibility index (Phi) is 3.26. The van der Waals surface area contributed by atoms with E-state index >= 15 is 0 Å². The Hall–Kier alpha value is -0.860. The summed E-state index contributed by atoms with van der Waals surface area (Å²) >= 11 is 0. The Labute approximate surface area is 72.1 Å². The van der Waals surface area contributed by atoms with E-state index in [2.05, 4.69) is 4.74 Å². The van der Waals surface area contributed by atoms with Crippen LogP contribution in [-0.2, 0) is 14.3 Å². The first-order valence-corrected chi connectivity index (χ1v) is 4.33. The number of hydrogen-bond acceptors (Lipinski definition) is 3. The van der Waals surface area contributed by atoms with E-state index in [1.807, 2.05) is 0 Å². The molecule has 0 N–H and O–H groups in total. The van der Waals surface area contributed by atoms with E-state index in [-0.39, 0.29) is 11.9 Å². The summed E-state index contributed by atoms with van der Waals surface area (Å²) < 4.78 is 4.50. The van der Waals surface area contributed by atoms with Gasteiger partial charge >= 0.3 is 5.97 Å². The molecule has 1 saturated carbocycles. The van der Waals surface area contributed by atoms with Crippen molar-refractivity contribution in [3.63, 3.8) is 0 Å². The van der Waals surface area contributed by atoms with E-state index in [1.54, 1.807) is 0 Å². The van der Waals surface area contributed by atoms with Crippen molar-refractivity contribution < 1.29 is 14.3 Å². The minimum Gasteiger partial charge on any atom is -0.469 e. The highest BCUT2D eigenvalue weighted by Gasteiger charge is 2.24. The summed E-state index contributed by atoms with van der Waals surface area (Å²) in [7, 11) is 1.37. The van der Waals surface area contributed by atoms with Gasteiger partial charge in [-0.3, -0.25) is 9.59 Å². The molecule has 3 heteroatoms. The van der Waals surface area contributed by atoms with Crippen LogP contribution in [0.2, 0.25) is 0 Å². The van der Waals surface area contributed by atoms with Gasteiger partial charge in [0.2, 0.25) is 0 Å². The van der Waals surface area contributed by atoms with E-state index in [0.717, 1.165) is 12.8 Å². The number of esters is 1. The molecule has 0 radical (unpaired) electrons. The molecular formula is C9H14O3. The Morgan fingerprint density at radius 3 is 2.92 bits per heavy atom. The standard InChI is InChI=1S/C9H14O3/c1-12-9(11)6-5-7-3-2-4-8(7)10/h7H,2-6H2,1H3/t7-/m1/s1. The smallest absolute Gasteiger partial charge is 0.305 e. The lowest BCUT2D eigenvalue weighted by molar-refractivity contribution is -0.141. The van der Waals surface area contributed by atoms with E-state index in [1.165, 1.54) is 7.11 Å². The van der Waals surface area contributed by atoms with Gasteiger partial charge in [0.15, 0.2) is 0 Å². The van der Waals surface area contributed by atoms with Crippen molar-refractivity contribution in [3.8, 4) is 0 Å². The molecule has 0 aromatic rings. The van der Waals surface area contributed by atoms with Crippen molar-refractivity contribution in [1.29, 1.82) is 0 Å². The Bertz CT molecular complexity index is 186. The van der Waals surface area contributed by atoms with Gasteiger partial charge in [-0.25, -0.2) is 0 Å². The van der Waals surface area contributed by atoms with Gasteiger partial charge < -0.3 is 4.74 Å². The zero-order chi connectivity index (χ0) is 8.97. The molecule has 1 atom stereocenters. The molecule has 1 rings (SSSR count). The number of methoxy groups -OCH3 is 1. The molecule has 0 amide bonds. The normalized spacial score (nSPS) is 22.8. The topological polar surface area (TPSA) is 43.4 Å². The number of carbonyl (C=O) groups excluding carboxylic acids is 2. The van der Waals surface area contributed by atoms with Crippen LogP contribution in [0.1, 0.15) is 32.1 Å². The van der Waals surface area contributed by atoms with Crippen LogP contribution in [0, 0.1) is 5.92 Å². The molecule has 0 bridgehead atoms. The Balaban J connectivity index is 2.22. The molecule has 68 valence electrons. The van der Waals surface area contributed by atoms with Crippen LogP contribution in [0.15, 0.2) is 0 Å². The molecule has 0 spiro atoms. The molecule has 0 saturated heterocycles. The average molecular weight is 170 g/mol. The van der Waals surface area contributed by atoms with Crippen LogP contribution in [0.25, 0.3) is 0 Å². The quantitative estimate of drug-likeness (QED) is 0.600. The molecule has 0 aromatic carbocycles. The van der Waals surface area contributed by atoms with Crippen molar-refractivity contribution in [1.82, 2.24) is 0 Å². The summed E-state index contributed by atoms with van der Waals surface area (Å²) in [6.45, 7) is 0. The maximum Gasteiger partial charge on any atom is 0.305 e. The lowest BCUT2D eigenvalue weighted by Gasteiger charge is -2.05. The van der Waals surface area contributed by atoms with Gasteiger partial charge in [-0.1, -0.05) is 0 Å². The van der Waals surface area contributed by atoms with E-state index in [4.69, 9.17) is 0 Å². The van der Waals surface area contributed by atoms with Crippen molar-refractivity contribution in [3.05, 3.63) is 0 Å². The van der Waals surface area contributed by atoms with E-state index < -0.39 is 0 Å². The van der Waals surface area contributed by atoms with Gasteiger partial charge in [0.25, 0.3) is 0 Å². The van der Waals surface area contributed by atoms with Crippen molar-refractivity contribution in [2.75, 3.05) is 7.11 Å². The molecule has 0 unspecified atom stereocenters. The summed E-state index contributed by atoms with van der Waals surface area (Å²) in [5.41, 5.74) is 0. The van der Waals surface area contributed by atoms with E-state index in [0.29, 0.717) is 25.0 Å². The lowest BCUT2D eigenvalue weighted by atomic mass is 10.0. The molecular weight excluding hydrogens is 156 g/mol. The molecule has 12 heavy (non-hydrogen) atoms. The highest BCUT2D eigenvalue weighted by Crippen LogP contribution is 2.25. The second-order valence-corrected chi connectivity index (χ2v) is 3.17. The van der Waals surface area contributed by atoms with Crippen molar-refractivity contribution in [2.45, 2.75) is 32.1 Å². The lowest BCUT2D eigenvalue weighted by Crippen LogP contribution is -2.09. The van der Waals surface area contributed by atoms with Crippen LogP contribution in [0.5, 0.6) is 0 Å². The van der Waals surface area contributed by atoms with Crippen LogP contribution in [0.4, 0.5) is 0 Å². The van der Waals surface area contributed by atoms with Gasteiger partial charge in [-0.2, -0.15) is 0 Å². The third-order valence-electron chi connectivity index (χ3n) is 2.36. The summed E-state index contributed by atoms with van der Waals surface area (Å²) in [5.74, 6) is 0.234. The van der Waals surface area contributed by atoms with Gasteiger partial charge in [0.1, 0.15) is 5.78 Å². The summed E-state index contributed by atoms with van der Waals surface area (Å²) in [4.78, 5) is 21.9. The number of ketones is 1. The minimum atomic E-state index is -0.213. The fourth-order valence-electron chi connectivity index (χ4n) is 1.59. The third kappa shape index (κ3) is 2.32. The largest absolute Gasteiger partial charge is 0.469 e. The molecule has 1 aliphatic rings. The summed E-state index contributed by atoms with van der Waals surface area (Å²) in [6.07, 6.45) is 3.70. The average Bonchev–Trinajstić information content (AvgIpc) is 2.47. The molecule has 1 aliphatic carbocycles. The molecule has 1 fully saturated rings. The second-order valence-electron chi connectivity index (χ2n) is 3.17. The van der Waals surface area contributed by atoms with Gasteiger partial charge in [0.05, 0.1) is 7.11 Å². The molecule has 0 aromatic heterocycles. The first-order chi connectivity index (χ1) is 5.74. The third-order valence-corrected chi connectivity index (χ3v) is 2.36. The van der Waals surface area contributed by atoms with Crippen LogP contribution in [-0.4, -0.2) is 18.9 Å². The Morgan fingerprint density at radius 2 is 2.42 bits per heavy atom. The minimum absolute atomic E-state index is 0.129. The number of carbonyl (C=O) groups is 2. The number of rotatable bonds is 3. The van der Waals surface area contributed by atoms with E-state index in [9.17, 15) is 9.59 Å². The number of hydrogen-bond donors (Lipinski definition) is 0. The monoisotopic (exact) mass is 170 g/mol. The fourth-order valence-corrected chi connectivity index (χ4v) is 1.59. The number of ether oxygens (including phenoxy) is 1. The van der Waals surface area contributed by atoms with Crippen LogP contribution < -0.4 is 0 Å². The van der Waals surface area contributed by atoms with Crippen molar-refractivity contribution in [2.24, 2.45) is 5.92 Å². The second kappa shape index (κ2) is 4.24. The van der Waals surface area contributed by atoms with Crippen LogP contribution >= 0.6 is 0 Å². The molecule has 0 heterocycles. The molecule has 0 aliphatic heterocycles. The maximum absolute atomic E-state index is 11.1. The SMILES string of the molecule is COC(=O)CC[C@H]1CCCC1=O. The summed E-state index contributed by atoms with van der Waals surface area (Å²) in [6, 6.07) is 0. The highest BCUT2D eigenvalue weighted by molar-refractivity contribution is 5.83. The fraction of sp³-hybridized carbons (Fsp3) is 0.778. The van der Waals surface area contributed by atoms with Gasteiger partial charge in [0, 0.05) is 18.8 Å². The maximum atomic E-state index is 11.1. The van der Waals surface area contributed by atoms with Gasteiger partial charge in [-0.15, -0.1) is 0 Å². The highest BCUT2D eigenvalue weighted by atomic mass is 16.5. The predicted molar refractivity (Wildman–Crippen MR) is 43.6 cm³/mol. The van der Waals surface area contributed by atoms with Crippen LogP contribution in [0.3, 0.4) is 0 Å². The predicted octanol–water partition coefficient (Wildman–Crippen LogP) is 1.31. The summed E-state index contributed by atoms with van der Waals surface area (Å²) in [5, 5.41) is 0.